The fourth-order valence-electron chi connectivity index (χ4n) is 5.76. The van der Waals surface area contributed by atoms with Gasteiger partial charge in [0, 0.05) is 6.54 Å². The van der Waals surface area contributed by atoms with Crippen LogP contribution in [0.3, 0.4) is 0 Å². The topological polar surface area (TPSA) is 110 Å². The molecule has 0 N–H and O–H groups in total. The first-order chi connectivity index (χ1) is 22.0. The Bertz CT molecular complexity index is 1820. The summed E-state index contributed by atoms with van der Waals surface area (Å²) in [5.74, 6) is -0.209. The molecule has 230 valence electrons. The number of aromatic nitrogens is 5. The second kappa shape index (κ2) is 13.9. The van der Waals surface area contributed by atoms with Crippen molar-refractivity contribution in [2.45, 2.75) is 32.2 Å². The highest BCUT2D eigenvalue weighted by Gasteiger charge is 2.41. The van der Waals surface area contributed by atoms with E-state index < -0.39 is 13.3 Å². The number of hydrogen-bond acceptors (Lipinski definition) is 7. The monoisotopic (exact) mass is 623 g/mol. The van der Waals surface area contributed by atoms with Gasteiger partial charge in [0.25, 0.3) is 0 Å². The van der Waals surface area contributed by atoms with E-state index in [2.05, 4.69) is 15.3 Å². The highest BCUT2D eigenvalue weighted by atomic mass is 28.4. The van der Waals surface area contributed by atoms with Crippen LogP contribution >= 0.6 is 0 Å². The van der Waals surface area contributed by atoms with E-state index in [-0.39, 0.29) is 12.6 Å². The first kappa shape index (κ1) is 30.3. The molecular weight excluding hydrogens is 590 g/mol. The zero-order valence-corrected chi connectivity index (χ0v) is 25.7. The van der Waals surface area contributed by atoms with Crippen LogP contribution in [-0.4, -0.2) is 57.7 Å². The normalized spacial score (nSPS) is 11.8. The van der Waals surface area contributed by atoms with Crippen LogP contribution in [0.25, 0.3) is 21.5 Å². The van der Waals surface area contributed by atoms with Crippen LogP contribution in [0.1, 0.15) is 12.1 Å². The minimum atomic E-state index is -3.68. The van der Waals surface area contributed by atoms with Gasteiger partial charge in [0.15, 0.2) is 0 Å². The predicted octanol–water partition coefficient (Wildman–Crippen LogP) is 5.04. The molecule has 0 amide bonds. The van der Waals surface area contributed by atoms with Crippen molar-refractivity contribution in [2.75, 3.05) is 19.8 Å². The van der Waals surface area contributed by atoms with E-state index in [4.69, 9.17) is 9.47 Å². The smallest absolute Gasteiger partial charge is 0.390 e. The number of halogens is 1. The molecule has 6 aromatic rings. The predicted molar refractivity (Wildman–Crippen MR) is 173 cm³/mol. The first-order valence-corrected chi connectivity index (χ1v) is 17.0. The summed E-state index contributed by atoms with van der Waals surface area (Å²) in [5, 5.41) is 25.0. The molecule has 6 rings (SSSR count). The molecule has 0 spiro atoms. The van der Waals surface area contributed by atoms with Gasteiger partial charge in [0.2, 0.25) is 0 Å². The molecule has 0 radical (unpaired) electrons. The lowest BCUT2D eigenvalue weighted by atomic mass is 10.1. The molecule has 2 aromatic heterocycles. The Morgan fingerprint density at radius 2 is 1.47 bits per heavy atom. The third-order valence-corrected chi connectivity index (χ3v) is 11.5. The maximum Gasteiger partial charge on any atom is 0.434 e. The summed E-state index contributed by atoms with van der Waals surface area (Å²) in [7, 11) is -3.68. The Kier molecular flexibility index (Phi) is 9.34. The first-order valence-electron chi connectivity index (χ1n) is 14.9. The van der Waals surface area contributed by atoms with Gasteiger partial charge >= 0.3 is 14.4 Å². The van der Waals surface area contributed by atoms with Crippen LogP contribution in [0.4, 0.5) is 10.1 Å². The van der Waals surface area contributed by atoms with E-state index >= 15 is 4.11 Å². The van der Waals surface area contributed by atoms with Crippen molar-refractivity contribution in [2.24, 2.45) is 0 Å². The number of aryl methyl sites for hydroxylation is 1. The molecule has 0 aliphatic carbocycles. The molecule has 0 saturated heterocycles. The fraction of sp³-hybridized carbons (Fsp3) is 0.242. The van der Waals surface area contributed by atoms with Crippen LogP contribution in [0, 0.1) is 10.1 Å². The maximum atomic E-state index is 17.9. The van der Waals surface area contributed by atoms with Gasteiger partial charge in [-0.1, -0.05) is 95.1 Å². The van der Waals surface area contributed by atoms with Crippen molar-refractivity contribution < 1.29 is 18.5 Å². The van der Waals surface area contributed by atoms with Crippen molar-refractivity contribution >= 4 is 46.3 Å². The largest absolute Gasteiger partial charge is 0.434 e. The average Bonchev–Trinajstić information content (AvgIpc) is 3.73. The van der Waals surface area contributed by atoms with Crippen LogP contribution < -0.4 is 10.4 Å². The van der Waals surface area contributed by atoms with Gasteiger partial charge in [-0.3, -0.25) is 4.68 Å². The number of nitrogens with zero attached hydrogens (tertiary/aromatic N) is 6. The van der Waals surface area contributed by atoms with E-state index in [1.165, 1.54) is 10.8 Å². The van der Waals surface area contributed by atoms with Crippen molar-refractivity contribution in [1.29, 1.82) is 0 Å². The molecule has 0 fully saturated rings. The molecule has 12 heteroatoms. The van der Waals surface area contributed by atoms with E-state index in [0.29, 0.717) is 51.1 Å². The molecule has 0 saturated carbocycles. The maximum absolute atomic E-state index is 17.9. The van der Waals surface area contributed by atoms with Crippen LogP contribution in [0.15, 0.2) is 104 Å². The Hall–Kier alpha value is -4.78. The third kappa shape index (κ3) is 6.82. The lowest BCUT2D eigenvalue weighted by molar-refractivity contribution is -0.396. The van der Waals surface area contributed by atoms with Crippen molar-refractivity contribution in [3.63, 3.8) is 0 Å². The fourth-order valence-corrected chi connectivity index (χ4v) is 9.27. The summed E-state index contributed by atoms with van der Waals surface area (Å²) in [4.78, 5) is 14.1. The van der Waals surface area contributed by atoms with Gasteiger partial charge < -0.3 is 23.7 Å². The van der Waals surface area contributed by atoms with E-state index in [1.807, 2.05) is 91.1 Å². The lowest BCUT2D eigenvalue weighted by Crippen LogP contribution is -2.55. The van der Waals surface area contributed by atoms with Gasteiger partial charge in [0.1, 0.15) is 18.1 Å². The van der Waals surface area contributed by atoms with Crippen LogP contribution in [0.5, 0.6) is 0 Å². The minimum Gasteiger partial charge on any atom is -0.390 e. The lowest BCUT2D eigenvalue weighted by Gasteiger charge is -2.26. The molecule has 4 aromatic carbocycles. The van der Waals surface area contributed by atoms with Crippen LogP contribution in [-0.2, 0) is 29.2 Å². The van der Waals surface area contributed by atoms with Crippen molar-refractivity contribution in [1.82, 2.24) is 24.5 Å². The highest BCUT2D eigenvalue weighted by Crippen LogP contribution is 2.25. The number of hydrogen-bond donors (Lipinski definition) is 0. The zero-order valence-electron chi connectivity index (χ0n) is 24.7. The standard InChI is InChI=1S/C33H33FN6O4Si/c34-45(31-14-5-10-26-8-1-3-12-29(26)31,32-15-6-11-27-9-2-4-13-30(27)32)23-7-17-39-24-28(36-37-39)25-44-22-21-43-20-19-38-18-16-35-33(38)40(41)42/h1-6,8-16,18,24H,7,17,19-23,25H2/i34-1. The van der Waals surface area contributed by atoms with Gasteiger partial charge in [0.05, 0.1) is 39.2 Å². The molecule has 45 heavy (non-hydrogen) atoms. The molecule has 2 heterocycles. The molecule has 0 atom stereocenters. The number of fused-ring (bicyclic) bond motifs is 2. The molecule has 0 unspecified atom stereocenters. The summed E-state index contributed by atoms with van der Waals surface area (Å²) in [5.41, 5.74) is 0.677. The second-order valence-electron chi connectivity index (χ2n) is 10.8. The van der Waals surface area contributed by atoms with E-state index in [1.54, 1.807) is 10.9 Å². The summed E-state index contributed by atoms with van der Waals surface area (Å²) < 4.78 is 32.2. The zero-order chi connectivity index (χ0) is 31.1. The Balaban J connectivity index is 1.06. The Labute approximate surface area is 260 Å². The average molecular weight is 624 g/mol. The number of imidazole rings is 1. The van der Waals surface area contributed by atoms with Gasteiger partial charge in [-0.15, -0.1) is 5.10 Å². The summed E-state index contributed by atoms with van der Waals surface area (Å²) in [6.07, 6.45) is 5.36. The Morgan fingerprint density at radius 3 is 2.16 bits per heavy atom. The SMILES string of the molecule is O=[N+]([O-])c1nccn1CCOCCOCc1cn(CCC[Si]([18F])(c2cccc3ccccc23)c2cccc3ccccc23)nn1. The van der Waals surface area contributed by atoms with Gasteiger partial charge in [-0.25, -0.2) is 4.57 Å². The number of nitro groups is 1. The molecule has 0 aliphatic rings. The second-order valence-corrected chi connectivity index (χ2v) is 14.0. The molecular formula is C33H33FN6O4Si. The van der Waals surface area contributed by atoms with Crippen molar-refractivity contribution in [3.8, 4) is 0 Å². The van der Waals surface area contributed by atoms with Crippen LogP contribution in [0.2, 0.25) is 6.04 Å². The molecule has 0 bridgehead atoms. The van der Waals surface area contributed by atoms with E-state index in [9.17, 15) is 10.1 Å². The summed E-state index contributed by atoms with van der Waals surface area (Å²) in [6, 6.07) is 28.4. The Morgan fingerprint density at radius 1 is 0.822 bits per heavy atom. The number of ether oxygens (including phenoxy) is 2. The van der Waals surface area contributed by atoms with Crippen molar-refractivity contribution in [3.05, 3.63) is 119 Å². The quantitative estimate of drug-likeness (QED) is 0.0518. The van der Waals surface area contributed by atoms with E-state index in [0.717, 1.165) is 31.9 Å². The van der Waals surface area contributed by atoms with Gasteiger partial charge in [-0.05, 0) is 49.3 Å². The van der Waals surface area contributed by atoms with Gasteiger partial charge in [-0.2, -0.15) is 0 Å². The minimum absolute atomic E-state index is 0.209. The summed E-state index contributed by atoms with van der Waals surface area (Å²) in [6.45, 7) is 2.10. The molecule has 0 aliphatic heterocycles. The number of benzene rings is 4. The molecule has 10 nitrogen and oxygen atoms in total. The number of rotatable bonds is 15. The summed E-state index contributed by atoms with van der Waals surface area (Å²) >= 11 is 0. The third-order valence-electron chi connectivity index (χ3n) is 7.88. The highest BCUT2D eigenvalue weighted by molar-refractivity contribution is 6.99.